The number of rotatable bonds is 4. The number of nitrogens with two attached hydrogens (primary N) is 1. The molecule has 0 spiro atoms. The number of halogens is 1. The average molecular weight is 286 g/mol. The molecule has 0 fully saturated rings. The van der Waals surface area contributed by atoms with Gasteiger partial charge in [0, 0.05) is 16.5 Å². The smallest absolute Gasteiger partial charge is 0.134 e. The maximum Gasteiger partial charge on any atom is 0.134 e. The predicted molar refractivity (Wildman–Crippen MR) is 78.3 cm³/mol. The van der Waals surface area contributed by atoms with Crippen LogP contribution in [0, 0.1) is 5.82 Å². The highest BCUT2D eigenvalue weighted by molar-refractivity contribution is 5.82. The molecule has 3 aromatic rings. The van der Waals surface area contributed by atoms with Crippen molar-refractivity contribution in [3.63, 3.8) is 0 Å². The van der Waals surface area contributed by atoms with Crippen molar-refractivity contribution in [2.45, 2.75) is 6.04 Å². The molecule has 0 aliphatic heterocycles. The summed E-state index contributed by atoms with van der Waals surface area (Å²) in [6.45, 7) is 0. The number of ether oxygens (including phenoxy) is 1. The van der Waals surface area contributed by atoms with Crippen molar-refractivity contribution in [3.8, 4) is 5.75 Å². The average Bonchev–Trinajstić information content (AvgIpc) is 2.93. The van der Waals surface area contributed by atoms with Crippen LogP contribution in [-0.2, 0) is 0 Å². The predicted octanol–water partition coefficient (Wildman–Crippen LogP) is 3.13. The summed E-state index contributed by atoms with van der Waals surface area (Å²) in [7, 11) is 1.54. The number of nitrogens with one attached hydrogen (secondary N) is 1. The molecule has 0 saturated heterocycles. The van der Waals surface area contributed by atoms with Gasteiger partial charge in [0.1, 0.15) is 17.1 Å². The Kier molecular flexibility index (Phi) is 3.60. The van der Waals surface area contributed by atoms with Gasteiger partial charge in [-0.1, -0.05) is 18.2 Å². The minimum absolute atomic E-state index is 0.348. The number of fused-ring (bicyclic) bond motifs is 1. The van der Waals surface area contributed by atoms with Crippen LogP contribution in [0.5, 0.6) is 5.75 Å². The highest BCUT2D eigenvalue weighted by Gasteiger charge is 2.21. The molecule has 1 unspecified atom stereocenters. The molecule has 0 radical (unpaired) electrons. The highest BCUT2D eigenvalue weighted by Crippen LogP contribution is 2.34. The lowest BCUT2D eigenvalue weighted by Crippen LogP contribution is -2.29. The lowest BCUT2D eigenvalue weighted by Gasteiger charge is -2.18. The van der Waals surface area contributed by atoms with Gasteiger partial charge >= 0.3 is 0 Å². The third-order valence-electron chi connectivity index (χ3n) is 3.49. The van der Waals surface area contributed by atoms with Gasteiger partial charge in [0.05, 0.1) is 19.4 Å². The Labute approximate surface area is 121 Å². The monoisotopic (exact) mass is 286 g/mol. The van der Waals surface area contributed by atoms with Crippen LogP contribution in [0.4, 0.5) is 4.39 Å². The first-order valence-electron chi connectivity index (χ1n) is 6.50. The van der Waals surface area contributed by atoms with E-state index in [2.05, 4.69) is 5.43 Å². The summed E-state index contributed by atoms with van der Waals surface area (Å²) >= 11 is 0. The van der Waals surface area contributed by atoms with Crippen molar-refractivity contribution in [2.75, 3.05) is 7.11 Å². The van der Waals surface area contributed by atoms with Crippen LogP contribution in [0.15, 0.2) is 53.1 Å². The zero-order chi connectivity index (χ0) is 14.8. The van der Waals surface area contributed by atoms with E-state index >= 15 is 0 Å². The molecular weight excluding hydrogens is 271 g/mol. The quantitative estimate of drug-likeness (QED) is 0.571. The lowest BCUT2D eigenvalue weighted by molar-refractivity contribution is 0.402. The Morgan fingerprint density at radius 1 is 1.19 bits per heavy atom. The fraction of sp³-hybridized carbons (Fsp3) is 0.125. The Morgan fingerprint density at radius 3 is 2.76 bits per heavy atom. The van der Waals surface area contributed by atoms with Crippen molar-refractivity contribution in [1.29, 1.82) is 0 Å². The van der Waals surface area contributed by atoms with Crippen molar-refractivity contribution in [2.24, 2.45) is 5.84 Å². The van der Waals surface area contributed by atoms with E-state index in [0.717, 1.165) is 16.5 Å². The van der Waals surface area contributed by atoms with Crippen molar-refractivity contribution < 1.29 is 13.5 Å². The van der Waals surface area contributed by atoms with E-state index in [1.807, 2.05) is 24.3 Å². The minimum atomic E-state index is -0.431. The molecule has 0 aliphatic rings. The molecule has 0 bridgehead atoms. The van der Waals surface area contributed by atoms with Gasteiger partial charge in [0.15, 0.2) is 0 Å². The van der Waals surface area contributed by atoms with Crippen LogP contribution in [0.1, 0.15) is 17.2 Å². The number of hydrogen-bond acceptors (Lipinski definition) is 4. The Hall–Kier alpha value is -2.37. The number of furan rings is 1. The summed E-state index contributed by atoms with van der Waals surface area (Å²) in [5.41, 5.74) is 4.91. The van der Waals surface area contributed by atoms with Gasteiger partial charge in [0.25, 0.3) is 0 Å². The molecule has 3 N–H and O–H groups in total. The molecule has 0 amide bonds. The van der Waals surface area contributed by atoms with Gasteiger partial charge in [-0.05, 0) is 24.3 Å². The first-order chi connectivity index (χ1) is 10.2. The fourth-order valence-electron chi connectivity index (χ4n) is 2.50. The highest BCUT2D eigenvalue weighted by atomic mass is 19.1. The topological polar surface area (TPSA) is 60.4 Å². The fourth-order valence-corrected chi connectivity index (χ4v) is 2.50. The van der Waals surface area contributed by atoms with Gasteiger partial charge in [-0.15, -0.1) is 0 Å². The van der Waals surface area contributed by atoms with Crippen LogP contribution < -0.4 is 16.0 Å². The van der Waals surface area contributed by atoms with E-state index in [1.165, 1.54) is 19.2 Å². The summed E-state index contributed by atoms with van der Waals surface area (Å²) in [6, 6.07) is 11.5. The first kappa shape index (κ1) is 13.6. The zero-order valence-corrected chi connectivity index (χ0v) is 11.5. The second kappa shape index (κ2) is 5.55. The van der Waals surface area contributed by atoms with Crippen molar-refractivity contribution in [3.05, 3.63) is 65.7 Å². The summed E-state index contributed by atoms with van der Waals surface area (Å²) in [5.74, 6) is 5.90. The number of hydrogen-bond donors (Lipinski definition) is 2. The molecule has 0 saturated carbocycles. The Balaban J connectivity index is 2.16. The molecule has 2 aromatic carbocycles. The number of benzene rings is 2. The SMILES string of the molecule is COc1ccc(F)cc1C(NN)c1coc2ccccc12. The maximum absolute atomic E-state index is 13.6. The third kappa shape index (κ3) is 2.37. The normalized spacial score (nSPS) is 12.5. The van der Waals surface area contributed by atoms with E-state index in [-0.39, 0.29) is 5.82 Å². The number of para-hydroxylation sites is 1. The summed E-state index contributed by atoms with van der Waals surface area (Å²) < 4.78 is 24.4. The second-order valence-corrected chi connectivity index (χ2v) is 4.67. The van der Waals surface area contributed by atoms with Crippen molar-refractivity contribution >= 4 is 11.0 Å². The maximum atomic E-state index is 13.6. The van der Waals surface area contributed by atoms with E-state index < -0.39 is 6.04 Å². The molecule has 1 heterocycles. The second-order valence-electron chi connectivity index (χ2n) is 4.67. The molecule has 5 heteroatoms. The zero-order valence-electron chi connectivity index (χ0n) is 11.5. The summed E-state index contributed by atoms with van der Waals surface area (Å²) in [4.78, 5) is 0. The molecule has 108 valence electrons. The van der Waals surface area contributed by atoms with Gasteiger partial charge in [-0.3, -0.25) is 5.84 Å². The molecular formula is C16H15FN2O2. The van der Waals surface area contributed by atoms with Crippen LogP contribution in [0.2, 0.25) is 0 Å². The van der Waals surface area contributed by atoms with Crippen LogP contribution in [0.3, 0.4) is 0 Å². The van der Waals surface area contributed by atoms with Gasteiger partial charge in [-0.25, -0.2) is 9.82 Å². The standard InChI is InChI=1S/C16H15FN2O2/c1-20-14-7-6-10(17)8-12(14)16(19-18)13-9-21-15-5-3-2-4-11(13)15/h2-9,16,19H,18H2,1H3. The van der Waals surface area contributed by atoms with E-state index in [4.69, 9.17) is 15.0 Å². The molecule has 1 atom stereocenters. The molecule has 21 heavy (non-hydrogen) atoms. The van der Waals surface area contributed by atoms with E-state index in [0.29, 0.717) is 11.3 Å². The van der Waals surface area contributed by atoms with Crippen molar-refractivity contribution in [1.82, 2.24) is 5.43 Å². The van der Waals surface area contributed by atoms with Gasteiger partial charge in [-0.2, -0.15) is 0 Å². The molecule has 1 aromatic heterocycles. The number of hydrazine groups is 1. The van der Waals surface area contributed by atoms with Gasteiger partial charge < -0.3 is 9.15 Å². The van der Waals surface area contributed by atoms with Crippen LogP contribution in [-0.4, -0.2) is 7.11 Å². The van der Waals surface area contributed by atoms with Crippen LogP contribution >= 0.6 is 0 Å². The minimum Gasteiger partial charge on any atom is -0.496 e. The van der Waals surface area contributed by atoms with Crippen LogP contribution in [0.25, 0.3) is 11.0 Å². The summed E-state index contributed by atoms with van der Waals surface area (Å²) in [6.07, 6.45) is 1.62. The molecule has 4 nitrogen and oxygen atoms in total. The Morgan fingerprint density at radius 2 is 2.00 bits per heavy atom. The van der Waals surface area contributed by atoms with Gasteiger partial charge in [0.2, 0.25) is 0 Å². The third-order valence-corrected chi connectivity index (χ3v) is 3.49. The lowest BCUT2D eigenvalue weighted by atomic mass is 9.98. The first-order valence-corrected chi connectivity index (χ1v) is 6.50. The number of methoxy groups -OCH3 is 1. The summed E-state index contributed by atoms with van der Waals surface area (Å²) in [5, 5.41) is 0.923. The Bertz CT molecular complexity index is 770. The molecule has 3 rings (SSSR count). The molecule has 0 aliphatic carbocycles. The largest absolute Gasteiger partial charge is 0.496 e. The van der Waals surface area contributed by atoms with E-state index in [9.17, 15) is 4.39 Å². The van der Waals surface area contributed by atoms with E-state index in [1.54, 1.807) is 12.3 Å².